The van der Waals surface area contributed by atoms with E-state index in [0.717, 1.165) is 28.3 Å². The van der Waals surface area contributed by atoms with Crippen LogP contribution in [-0.4, -0.2) is 19.9 Å². The first kappa shape index (κ1) is 22.6. The summed E-state index contributed by atoms with van der Waals surface area (Å²) in [5.74, 6) is 0.668. The van der Waals surface area contributed by atoms with E-state index in [1.807, 2.05) is 48.5 Å². The molecule has 0 aromatic carbocycles. The molecule has 0 fully saturated rings. The van der Waals surface area contributed by atoms with Crippen molar-refractivity contribution in [3.8, 4) is 34.2 Å². The number of aromatic nitrogens is 5. The Morgan fingerprint density at radius 3 is 1.59 bits per heavy atom. The van der Waals surface area contributed by atoms with Crippen molar-refractivity contribution in [3.05, 3.63) is 73.3 Å². The number of rotatable bonds is 3. The summed E-state index contributed by atoms with van der Waals surface area (Å²) in [6, 6.07) is 15.4. The molecular formula is C18H12ClCuN5O4. The van der Waals surface area contributed by atoms with Crippen LogP contribution < -0.4 is 23.6 Å². The third kappa shape index (κ3) is 7.00. The minimum absolute atomic E-state index is 0. The summed E-state index contributed by atoms with van der Waals surface area (Å²) in [6.45, 7) is 0. The van der Waals surface area contributed by atoms with Crippen molar-refractivity contribution < 1.29 is 45.9 Å². The topological polar surface area (TPSA) is 158 Å². The Morgan fingerprint density at radius 2 is 1.21 bits per heavy atom. The van der Waals surface area contributed by atoms with Gasteiger partial charge in [0.2, 0.25) is 0 Å². The molecule has 0 aliphatic rings. The molecule has 0 unspecified atom stereocenters. The number of nitrogens with zero attached hydrogens (tertiary/aromatic N) is 5. The smallest absolute Gasteiger partial charge is 0.442 e. The Labute approximate surface area is 178 Å². The SMILES string of the molecule is [Cu+2].[O-][Cl+3]([O-])([O-])[O-].c1ccc(-c2cc(-c3ncc[n-]3)cc(-c3ccccn3)n2)nc1. The predicted octanol–water partition coefficient (Wildman–Crippen LogP) is -1.53. The molecule has 11 heteroatoms. The van der Waals surface area contributed by atoms with Crippen LogP contribution >= 0.6 is 0 Å². The van der Waals surface area contributed by atoms with E-state index in [1.54, 1.807) is 24.8 Å². The van der Waals surface area contributed by atoms with Gasteiger partial charge >= 0.3 is 17.1 Å². The Balaban J connectivity index is 0.000000450. The molecule has 0 saturated heterocycles. The Hall–Kier alpha value is -2.69. The maximum Gasteiger partial charge on any atom is 2.00 e. The van der Waals surface area contributed by atoms with Crippen molar-refractivity contribution in [2.24, 2.45) is 0 Å². The van der Waals surface area contributed by atoms with Gasteiger partial charge in [0.1, 0.15) is 0 Å². The average molecular weight is 461 g/mol. The number of pyridine rings is 3. The van der Waals surface area contributed by atoms with E-state index < -0.39 is 10.2 Å². The fraction of sp³-hybridized carbons (Fsp3) is 0. The van der Waals surface area contributed by atoms with Gasteiger partial charge in [-0.05, 0) is 42.0 Å². The molecule has 4 aromatic heterocycles. The molecule has 0 spiro atoms. The minimum atomic E-state index is -4.94. The van der Waals surface area contributed by atoms with Crippen molar-refractivity contribution in [2.45, 2.75) is 0 Å². The second-order valence-corrected chi connectivity index (χ2v) is 6.07. The Kier molecular flexibility index (Phi) is 7.94. The maximum atomic E-state index is 8.49. The summed E-state index contributed by atoms with van der Waals surface area (Å²) in [4.78, 5) is 22.0. The van der Waals surface area contributed by atoms with Gasteiger partial charge in [-0.2, -0.15) is 0 Å². The van der Waals surface area contributed by atoms with Gasteiger partial charge < -0.3 is 9.97 Å². The van der Waals surface area contributed by atoms with Gasteiger partial charge in [-0.15, -0.1) is 10.2 Å². The van der Waals surface area contributed by atoms with Gasteiger partial charge in [-0.3, -0.25) is 9.97 Å². The molecule has 0 saturated carbocycles. The standard InChI is InChI=1S/C18H12N5.ClHO4.Cu/c1-3-7-19-14(5-1)16-11-13(18-21-9-10-22-18)12-17(23-16)15-6-2-4-8-20-15;2-1(3,4)5;/h1-12H;(H,2,3,4,5);/q-1;;+2/p-1. The number of imidazole rings is 1. The zero-order valence-corrected chi connectivity index (χ0v) is 16.2. The van der Waals surface area contributed by atoms with Crippen molar-refractivity contribution in [1.82, 2.24) is 24.9 Å². The van der Waals surface area contributed by atoms with Crippen LogP contribution in [0.1, 0.15) is 0 Å². The zero-order valence-electron chi connectivity index (χ0n) is 14.5. The predicted molar refractivity (Wildman–Crippen MR) is 87.3 cm³/mol. The molecule has 1 radical (unpaired) electrons. The van der Waals surface area contributed by atoms with E-state index in [0.29, 0.717) is 5.82 Å². The van der Waals surface area contributed by atoms with Crippen molar-refractivity contribution >= 4 is 0 Å². The molecule has 0 amide bonds. The first-order valence-corrected chi connectivity index (χ1v) is 9.04. The number of hydrogen-bond acceptors (Lipinski definition) is 8. The molecule has 4 aromatic rings. The number of hydrogen-bond donors (Lipinski definition) is 0. The van der Waals surface area contributed by atoms with Crippen LogP contribution in [0.3, 0.4) is 0 Å². The summed E-state index contributed by atoms with van der Waals surface area (Å²) in [7, 11) is -4.94. The van der Waals surface area contributed by atoms with Crippen LogP contribution in [0.5, 0.6) is 0 Å². The molecule has 4 heterocycles. The maximum absolute atomic E-state index is 8.49. The molecule has 0 aliphatic heterocycles. The fourth-order valence-corrected chi connectivity index (χ4v) is 2.34. The minimum Gasteiger partial charge on any atom is -0.442 e. The quantitative estimate of drug-likeness (QED) is 0.330. The van der Waals surface area contributed by atoms with Gasteiger partial charge in [0.15, 0.2) is 0 Å². The second-order valence-electron chi connectivity index (χ2n) is 5.31. The van der Waals surface area contributed by atoms with Gasteiger partial charge in [0, 0.05) is 12.4 Å². The molecule has 151 valence electrons. The van der Waals surface area contributed by atoms with Crippen LogP contribution in [0.4, 0.5) is 0 Å². The van der Waals surface area contributed by atoms with Crippen LogP contribution in [0, 0.1) is 10.2 Å². The van der Waals surface area contributed by atoms with Crippen LogP contribution in [0.15, 0.2) is 73.3 Å². The van der Waals surface area contributed by atoms with Gasteiger partial charge in [-0.25, -0.2) is 23.6 Å². The van der Waals surface area contributed by atoms with Crippen molar-refractivity contribution in [3.63, 3.8) is 0 Å². The molecule has 0 bridgehead atoms. The van der Waals surface area contributed by atoms with Crippen LogP contribution in [0.2, 0.25) is 0 Å². The molecule has 0 N–H and O–H groups in total. The van der Waals surface area contributed by atoms with E-state index in [-0.39, 0.29) is 17.1 Å². The van der Waals surface area contributed by atoms with Gasteiger partial charge in [-0.1, -0.05) is 30.4 Å². The first-order chi connectivity index (χ1) is 13.4. The Bertz CT molecular complexity index is 952. The molecular weight excluding hydrogens is 449 g/mol. The molecule has 29 heavy (non-hydrogen) atoms. The third-order valence-corrected chi connectivity index (χ3v) is 3.40. The summed E-state index contributed by atoms with van der Waals surface area (Å²) >= 11 is 0. The van der Waals surface area contributed by atoms with Crippen LogP contribution in [0.25, 0.3) is 34.2 Å². The molecule has 0 atom stereocenters. The Morgan fingerprint density at radius 1 is 0.690 bits per heavy atom. The average Bonchev–Trinajstić information content (AvgIpc) is 3.23. The second kappa shape index (κ2) is 10.2. The van der Waals surface area contributed by atoms with Crippen molar-refractivity contribution in [1.29, 1.82) is 0 Å². The van der Waals surface area contributed by atoms with E-state index in [1.165, 1.54) is 0 Å². The normalized spacial score (nSPS) is 10.5. The monoisotopic (exact) mass is 460 g/mol. The molecule has 4 rings (SSSR count). The molecule has 9 nitrogen and oxygen atoms in total. The summed E-state index contributed by atoms with van der Waals surface area (Å²) in [5.41, 5.74) is 4.05. The summed E-state index contributed by atoms with van der Waals surface area (Å²) in [5, 5.41) is 0. The summed E-state index contributed by atoms with van der Waals surface area (Å²) < 4.78 is 34.0. The first-order valence-electron chi connectivity index (χ1n) is 7.81. The molecule has 0 aliphatic carbocycles. The van der Waals surface area contributed by atoms with E-state index in [9.17, 15) is 0 Å². The van der Waals surface area contributed by atoms with E-state index >= 15 is 0 Å². The number of halogens is 1. The largest absolute Gasteiger partial charge is 2.00 e. The fourth-order valence-electron chi connectivity index (χ4n) is 2.34. The van der Waals surface area contributed by atoms with Gasteiger partial charge in [0.25, 0.3) is 0 Å². The van der Waals surface area contributed by atoms with E-state index in [4.69, 9.17) is 23.6 Å². The summed E-state index contributed by atoms with van der Waals surface area (Å²) in [6.07, 6.45) is 6.86. The third-order valence-electron chi connectivity index (χ3n) is 3.40. The van der Waals surface area contributed by atoms with Gasteiger partial charge in [0.05, 0.1) is 22.8 Å². The van der Waals surface area contributed by atoms with Crippen LogP contribution in [-0.2, 0) is 17.1 Å². The van der Waals surface area contributed by atoms with E-state index in [2.05, 4.69) is 19.9 Å². The van der Waals surface area contributed by atoms with Crippen molar-refractivity contribution in [2.75, 3.05) is 0 Å². The zero-order chi connectivity index (χ0) is 20.0.